The average molecular weight is 235 g/mol. The van der Waals surface area contributed by atoms with E-state index in [1.165, 1.54) is 19.0 Å². The number of likely N-dealkylation sites (N-methyl/N-ethyl adjacent to an activating group) is 1. The highest BCUT2D eigenvalue weighted by atomic mass is 16.4. The highest BCUT2D eigenvalue weighted by molar-refractivity contribution is 5.86. The summed E-state index contributed by atoms with van der Waals surface area (Å²) >= 11 is 0. The smallest absolute Gasteiger partial charge is 0.354 e. The number of carbonyl (C=O) groups is 1. The molecule has 1 atom stereocenters. The van der Waals surface area contributed by atoms with E-state index in [1.54, 1.807) is 12.1 Å². The molecule has 2 rings (SSSR count). The first-order valence-electron chi connectivity index (χ1n) is 5.80. The number of rotatable bonds is 4. The minimum absolute atomic E-state index is 0.0785. The molecule has 0 aromatic carbocycles. The van der Waals surface area contributed by atoms with Gasteiger partial charge in [-0.1, -0.05) is 0 Å². The first-order valence-corrected chi connectivity index (χ1v) is 5.80. The third-order valence-electron chi connectivity index (χ3n) is 3.19. The number of aromatic nitrogens is 1. The Bertz CT molecular complexity index is 408. The van der Waals surface area contributed by atoms with Crippen LogP contribution in [-0.4, -0.2) is 47.1 Å². The Morgan fingerprint density at radius 1 is 1.71 bits per heavy atom. The molecule has 1 saturated heterocycles. The fourth-order valence-corrected chi connectivity index (χ4v) is 2.13. The summed E-state index contributed by atoms with van der Waals surface area (Å²) in [4.78, 5) is 16.9. The number of nitrogens with zero attached hydrogens (tertiary/aromatic N) is 2. The Kier molecular flexibility index (Phi) is 3.58. The monoisotopic (exact) mass is 235 g/mol. The van der Waals surface area contributed by atoms with Gasteiger partial charge in [-0.05, 0) is 38.6 Å². The lowest BCUT2D eigenvalue weighted by atomic mass is 10.2. The number of likely N-dealkylation sites (tertiary alicyclic amines) is 1. The van der Waals surface area contributed by atoms with Crippen molar-refractivity contribution in [3.05, 3.63) is 24.0 Å². The molecule has 1 fully saturated rings. The summed E-state index contributed by atoms with van der Waals surface area (Å²) in [6.45, 7) is 1.99. The lowest BCUT2D eigenvalue weighted by Gasteiger charge is -2.20. The van der Waals surface area contributed by atoms with Gasteiger partial charge in [0.05, 0.1) is 0 Å². The molecule has 0 bridgehead atoms. The van der Waals surface area contributed by atoms with Gasteiger partial charge in [-0.15, -0.1) is 0 Å². The van der Waals surface area contributed by atoms with Gasteiger partial charge < -0.3 is 15.3 Å². The number of hydrogen-bond acceptors (Lipinski definition) is 4. The molecule has 1 aliphatic rings. The third kappa shape index (κ3) is 2.94. The fourth-order valence-electron chi connectivity index (χ4n) is 2.13. The second-order valence-electron chi connectivity index (χ2n) is 4.39. The summed E-state index contributed by atoms with van der Waals surface area (Å²) in [6, 6.07) is 3.90. The van der Waals surface area contributed by atoms with E-state index < -0.39 is 5.97 Å². The third-order valence-corrected chi connectivity index (χ3v) is 3.19. The minimum atomic E-state index is -0.994. The van der Waals surface area contributed by atoms with Gasteiger partial charge in [-0.3, -0.25) is 0 Å². The number of carboxylic acid groups (broad SMARTS) is 1. The topological polar surface area (TPSA) is 65.5 Å². The predicted octanol–water partition coefficient (Wildman–Crippen LogP) is 1.29. The van der Waals surface area contributed by atoms with E-state index >= 15 is 0 Å². The summed E-state index contributed by atoms with van der Waals surface area (Å²) in [5.41, 5.74) is 0.896. The first-order chi connectivity index (χ1) is 8.16. The maximum atomic E-state index is 10.8. The van der Waals surface area contributed by atoms with Gasteiger partial charge in [0.25, 0.3) is 0 Å². The maximum Gasteiger partial charge on any atom is 0.354 e. The SMILES string of the molecule is CN1CCCC1CNc1ccnc(C(=O)O)c1. The molecule has 1 aromatic rings. The van der Waals surface area contributed by atoms with Gasteiger partial charge >= 0.3 is 5.97 Å². The summed E-state index contributed by atoms with van der Waals surface area (Å²) in [5, 5.41) is 12.1. The molecule has 17 heavy (non-hydrogen) atoms. The van der Waals surface area contributed by atoms with Crippen LogP contribution in [0.5, 0.6) is 0 Å². The number of nitrogens with one attached hydrogen (secondary N) is 1. The van der Waals surface area contributed by atoms with E-state index in [1.807, 2.05) is 0 Å². The second kappa shape index (κ2) is 5.14. The number of hydrogen-bond donors (Lipinski definition) is 2. The van der Waals surface area contributed by atoms with E-state index in [9.17, 15) is 4.79 Å². The van der Waals surface area contributed by atoms with Crippen molar-refractivity contribution in [1.29, 1.82) is 0 Å². The van der Waals surface area contributed by atoms with Gasteiger partial charge in [-0.2, -0.15) is 0 Å². The molecule has 5 nitrogen and oxygen atoms in total. The van der Waals surface area contributed by atoms with E-state index in [0.717, 1.165) is 18.8 Å². The molecule has 0 amide bonds. The minimum Gasteiger partial charge on any atom is -0.477 e. The van der Waals surface area contributed by atoms with Gasteiger partial charge in [-0.25, -0.2) is 9.78 Å². The van der Waals surface area contributed by atoms with Gasteiger partial charge in [0, 0.05) is 24.5 Å². The van der Waals surface area contributed by atoms with Crippen molar-refractivity contribution >= 4 is 11.7 Å². The quantitative estimate of drug-likeness (QED) is 0.823. The largest absolute Gasteiger partial charge is 0.477 e. The standard InChI is InChI=1S/C12H17N3O2/c1-15-6-2-3-10(15)8-14-9-4-5-13-11(7-9)12(16)17/h4-5,7,10H,2-3,6,8H2,1H3,(H,13,14)(H,16,17). The van der Waals surface area contributed by atoms with Crippen LogP contribution in [0.3, 0.4) is 0 Å². The zero-order valence-corrected chi connectivity index (χ0v) is 9.89. The molecule has 5 heteroatoms. The van der Waals surface area contributed by atoms with E-state index in [4.69, 9.17) is 5.11 Å². The van der Waals surface area contributed by atoms with Crippen LogP contribution in [0, 0.1) is 0 Å². The van der Waals surface area contributed by atoms with Gasteiger partial charge in [0.15, 0.2) is 0 Å². The summed E-state index contributed by atoms with van der Waals surface area (Å²) in [5.74, 6) is -0.994. The van der Waals surface area contributed by atoms with Crippen LogP contribution in [0.2, 0.25) is 0 Å². The molecule has 1 aromatic heterocycles. The van der Waals surface area contributed by atoms with Crippen molar-refractivity contribution in [2.45, 2.75) is 18.9 Å². The van der Waals surface area contributed by atoms with Gasteiger partial charge in [0.2, 0.25) is 0 Å². The molecule has 0 radical (unpaired) electrons. The lowest BCUT2D eigenvalue weighted by molar-refractivity contribution is 0.0690. The van der Waals surface area contributed by atoms with Crippen LogP contribution in [0.4, 0.5) is 5.69 Å². The number of carboxylic acids is 1. The van der Waals surface area contributed by atoms with Crippen LogP contribution >= 0.6 is 0 Å². The van der Waals surface area contributed by atoms with Crippen LogP contribution in [0.15, 0.2) is 18.3 Å². The normalized spacial score (nSPS) is 20.4. The maximum absolute atomic E-state index is 10.8. The molecule has 0 aliphatic carbocycles. The number of pyridine rings is 1. The van der Waals surface area contributed by atoms with Crippen molar-refractivity contribution in [1.82, 2.24) is 9.88 Å². The van der Waals surface area contributed by atoms with Crippen molar-refractivity contribution in [2.24, 2.45) is 0 Å². The Balaban J connectivity index is 1.94. The Hall–Kier alpha value is -1.62. The van der Waals surface area contributed by atoms with Crippen LogP contribution in [-0.2, 0) is 0 Å². The van der Waals surface area contributed by atoms with Gasteiger partial charge in [0.1, 0.15) is 5.69 Å². The summed E-state index contributed by atoms with van der Waals surface area (Å²) in [7, 11) is 2.12. The van der Waals surface area contributed by atoms with Crippen LogP contribution < -0.4 is 5.32 Å². The van der Waals surface area contributed by atoms with Crippen LogP contribution in [0.25, 0.3) is 0 Å². The molecule has 2 heterocycles. The van der Waals surface area contributed by atoms with E-state index in [2.05, 4.69) is 22.2 Å². The lowest BCUT2D eigenvalue weighted by Crippen LogP contribution is -2.31. The van der Waals surface area contributed by atoms with Crippen molar-refractivity contribution in [3.63, 3.8) is 0 Å². The number of aromatic carboxylic acids is 1. The zero-order chi connectivity index (χ0) is 12.3. The summed E-state index contributed by atoms with van der Waals surface area (Å²) < 4.78 is 0. The van der Waals surface area contributed by atoms with E-state index in [-0.39, 0.29) is 5.69 Å². The predicted molar refractivity (Wildman–Crippen MR) is 65.3 cm³/mol. The molecule has 92 valence electrons. The molecular formula is C12H17N3O2. The molecule has 0 saturated carbocycles. The highest BCUT2D eigenvalue weighted by Gasteiger charge is 2.20. The Morgan fingerprint density at radius 3 is 3.18 bits per heavy atom. The molecular weight excluding hydrogens is 218 g/mol. The number of anilines is 1. The Morgan fingerprint density at radius 2 is 2.53 bits per heavy atom. The van der Waals surface area contributed by atoms with E-state index in [0.29, 0.717) is 6.04 Å². The van der Waals surface area contributed by atoms with Crippen molar-refractivity contribution < 1.29 is 9.90 Å². The molecule has 1 aliphatic heterocycles. The molecule has 1 unspecified atom stereocenters. The van der Waals surface area contributed by atoms with Crippen molar-refractivity contribution in [2.75, 3.05) is 25.5 Å². The van der Waals surface area contributed by atoms with Crippen molar-refractivity contribution in [3.8, 4) is 0 Å². The Labute approximate surface area is 100 Å². The molecule has 0 spiro atoms. The second-order valence-corrected chi connectivity index (χ2v) is 4.39. The highest BCUT2D eigenvalue weighted by Crippen LogP contribution is 2.16. The zero-order valence-electron chi connectivity index (χ0n) is 9.89. The fraction of sp³-hybridized carbons (Fsp3) is 0.500. The molecule has 2 N–H and O–H groups in total. The average Bonchev–Trinajstić information content (AvgIpc) is 2.72. The van der Waals surface area contributed by atoms with Crippen LogP contribution in [0.1, 0.15) is 23.3 Å². The first kappa shape index (κ1) is 11.9. The summed E-state index contributed by atoms with van der Waals surface area (Å²) in [6.07, 6.45) is 3.95.